The van der Waals surface area contributed by atoms with Gasteiger partial charge in [-0.15, -0.1) is 0 Å². The van der Waals surface area contributed by atoms with Gasteiger partial charge in [0.05, 0.1) is 11.0 Å². The summed E-state index contributed by atoms with van der Waals surface area (Å²) in [7, 11) is 1.84. The predicted octanol–water partition coefficient (Wildman–Crippen LogP) is 2.20. The number of halogens is 1. The van der Waals surface area contributed by atoms with Crippen LogP contribution in [0, 0.1) is 0 Å². The zero-order valence-corrected chi connectivity index (χ0v) is 12.7. The van der Waals surface area contributed by atoms with Crippen LogP contribution in [0.5, 0.6) is 0 Å². The number of aryl methyl sites for hydroxylation is 1. The summed E-state index contributed by atoms with van der Waals surface area (Å²) in [6, 6.07) is 6.02. The van der Waals surface area contributed by atoms with Gasteiger partial charge in [0.2, 0.25) is 0 Å². The second-order valence-corrected chi connectivity index (χ2v) is 6.09. The molecule has 1 fully saturated rings. The molecule has 0 radical (unpaired) electrons. The molecule has 4 nitrogen and oxygen atoms in total. The van der Waals surface area contributed by atoms with Gasteiger partial charge >= 0.3 is 5.69 Å². The van der Waals surface area contributed by atoms with E-state index >= 15 is 0 Å². The van der Waals surface area contributed by atoms with Gasteiger partial charge in [-0.2, -0.15) is 0 Å². The maximum absolute atomic E-state index is 12.3. The molecule has 1 aliphatic rings. The highest BCUT2D eigenvalue weighted by atomic mass is 79.9. The van der Waals surface area contributed by atoms with E-state index in [0.717, 1.165) is 28.6 Å². The molecule has 2 heterocycles. The van der Waals surface area contributed by atoms with E-state index in [1.54, 1.807) is 4.57 Å². The molecule has 1 saturated heterocycles. The van der Waals surface area contributed by atoms with Crippen LogP contribution in [-0.4, -0.2) is 33.7 Å². The largest absolute Gasteiger partial charge is 0.328 e. The Morgan fingerprint density at radius 3 is 2.63 bits per heavy atom. The standard InChI is InChI=1S/C14H18BrN3O/c1-16-13-10-11(15)4-5-12(13)18(14(16)19)9-8-17-6-2-3-7-17/h4-5,10H,2-3,6-9H2,1H3. The number of imidazole rings is 1. The number of benzene rings is 1. The van der Waals surface area contributed by atoms with Crippen molar-refractivity contribution in [1.29, 1.82) is 0 Å². The lowest BCUT2D eigenvalue weighted by molar-refractivity contribution is 0.322. The van der Waals surface area contributed by atoms with Crippen molar-refractivity contribution in [2.45, 2.75) is 19.4 Å². The fraction of sp³-hybridized carbons (Fsp3) is 0.500. The van der Waals surface area contributed by atoms with E-state index < -0.39 is 0 Å². The van der Waals surface area contributed by atoms with Crippen molar-refractivity contribution in [3.8, 4) is 0 Å². The highest BCUT2D eigenvalue weighted by Gasteiger charge is 2.14. The molecule has 0 saturated carbocycles. The summed E-state index contributed by atoms with van der Waals surface area (Å²) < 4.78 is 4.62. The van der Waals surface area contributed by atoms with Crippen molar-refractivity contribution >= 4 is 27.0 Å². The minimum atomic E-state index is 0.0762. The summed E-state index contributed by atoms with van der Waals surface area (Å²) in [5, 5.41) is 0. The number of fused-ring (bicyclic) bond motifs is 1. The average molecular weight is 324 g/mol. The molecule has 102 valence electrons. The molecule has 0 N–H and O–H groups in total. The quantitative estimate of drug-likeness (QED) is 0.866. The van der Waals surface area contributed by atoms with Gasteiger partial charge in [0.1, 0.15) is 0 Å². The van der Waals surface area contributed by atoms with Crippen LogP contribution in [0.4, 0.5) is 0 Å². The van der Waals surface area contributed by atoms with Crippen LogP contribution < -0.4 is 5.69 Å². The first kappa shape index (κ1) is 12.9. The normalized spacial score (nSPS) is 16.5. The van der Waals surface area contributed by atoms with Gasteiger partial charge in [-0.1, -0.05) is 15.9 Å². The molecule has 1 aromatic heterocycles. The van der Waals surface area contributed by atoms with E-state index in [1.807, 2.05) is 29.8 Å². The molecule has 1 aromatic carbocycles. The SMILES string of the molecule is Cn1c(=O)n(CCN2CCCC2)c2ccc(Br)cc21. The summed E-state index contributed by atoms with van der Waals surface area (Å²) in [5.41, 5.74) is 2.09. The van der Waals surface area contributed by atoms with Gasteiger partial charge < -0.3 is 4.90 Å². The Morgan fingerprint density at radius 2 is 1.89 bits per heavy atom. The maximum Gasteiger partial charge on any atom is 0.328 e. The van der Waals surface area contributed by atoms with Crippen molar-refractivity contribution in [1.82, 2.24) is 14.0 Å². The molecular weight excluding hydrogens is 306 g/mol. The maximum atomic E-state index is 12.3. The van der Waals surface area contributed by atoms with Crippen molar-refractivity contribution in [2.24, 2.45) is 7.05 Å². The van der Waals surface area contributed by atoms with Gasteiger partial charge in [-0.05, 0) is 44.1 Å². The van der Waals surface area contributed by atoms with Crippen molar-refractivity contribution < 1.29 is 0 Å². The zero-order valence-electron chi connectivity index (χ0n) is 11.1. The van der Waals surface area contributed by atoms with E-state index in [-0.39, 0.29) is 5.69 Å². The first-order valence-electron chi connectivity index (χ1n) is 6.74. The number of likely N-dealkylation sites (tertiary alicyclic amines) is 1. The molecule has 0 unspecified atom stereocenters. The monoisotopic (exact) mass is 323 g/mol. The Kier molecular flexibility index (Phi) is 3.50. The molecule has 1 aliphatic heterocycles. The van der Waals surface area contributed by atoms with E-state index in [0.29, 0.717) is 0 Å². The summed E-state index contributed by atoms with van der Waals surface area (Å²) in [4.78, 5) is 14.7. The number of aromatic nitrogens is 2. The lowest BCUT2D eigenvalue weighted by Gasteiger charge is -2.14. The van der Waals surface area contributed by atoms with Crippen molar-refractivity contribution in [2.75, 3.05) is 19.6 Å². The number of rotatable bonds is 3. The molecule has 3 rings (SSSR count). The molecule has 0 spiro atoms. The Balaban J connectivity index is 1.93. The van der Waals surface area contributed by atoms with E-state index in [9.17, 15) is 4.79 Å². The molecule has 2 aromatic rings. The molecular formula is C14H18BrN3O. The van der Waals surface area contributed by atoms with E-state index in [4.69, 9.17) is 0 Å². The average Bonchev–Trinajstić information content (AvgIpc) is 2.98. The minimum absolute atomic E-state index is 0.0762. The lowest BCUT2D eigenvalue weighted by atomic mass is 10.3. The lowest BCUT2D eigenvalue weighted by Crippen LogP contribution is -2.29. The third kappa shape index (κ3) is 2.37. The molecule has 0 amide bonds. The molecule has 5 heteroatoms. The van der Waals surface area contributed by atoms with Crippen LogP contribution in [-0.2, 0) is 13.6 Å². The van der Waals surface area contributed by atoms with Crippen LogP contribution in [0.15, 0.2) is 27.5 Å². The van der Waals surface area contributed by atoms with Crippen molar-refractivity contribution in [3.63, 3.8) is 0 Å². The Bertz CT molecular complexity index is 652. The Morgan fingerprint density at radius 1 is 1.16 bits per heavy atom. The first-order valence-corrected chi connectivity index (χ1v) is 7.53. The third-order valence-electron chi connectivity index (χ3n) is 3.95. The summed E-state index contributed by atoms with van der Waals surface area (Å²) >= 11 is 3.46. The summed E-state index contributed by atoms with van der Waals surface area (Å²) in [5.74, 6) is 0. The van der Waals surface area contributed by atoms with Crippen LogP contribution in [0.25, 0.3) is 11.0 Å². The molecule has 19 heavy (non-hydrogen) atoms. The van der Waals surface area contributed by atoms with E-state index in [2.05, 4.69) is 20.8 Å². The summed E-state index contributed by atoms with van der Waals surface area (Å²) in [6.07, 6.45) is 2.58. The predicted molar refractivity (Wildman–Crippen MR) is 80.6 cm³/mol. The van der Waals surface area contributed by atoms with Gasteiger partial charge in [-0.3, -0.25) is 9.13 Å². The van der Waals surface area contributed by atoms with Crippen LogP contribution in [0.3, 0.4) is 0 Å². The highest BCUT2D eigenvalue weighted by Crippen LogP contribution is 2.18. The van der Waals surface area contributed by atoms with Crippen molar-refractivity contribution in [3.05, 3.63) is 33.2 Å². The number of hydrogen-bond acceptors (Lipinski definition) is 2. The fourth-order valence-corrected chi connectivity index (χ4v) is 3.19. The smallest absolute Gasteiger partial charge is 0.302 e. The number of nitrogens with zero attached hydrogens (tertiary/aromatic N) is 3. The fourth-order valence-electron chi connectivity index (χ4n) is 2.84. The van der Waals surface area contributed by atoms with Gasteiger partial charge in [0.15, 0.2) is 0 Å². The minimum Gasteiger partial charge on any atom is -0.302 e. The zero-order chi connectivity index (χ0) is 13.4. The van der Waals surface area contributed by atoms with Gasteiger partial charge in [-0.25, -0.2) is 4.79 Å². The molecule has 0 atom stereocenters. The number of hydrogen-bond donors (Lipinski definition) is 0. The highest BCUT2D eigenvalue weighted by molar-refractivity contribution is 9.10. The first-order chi connectivity index (χ1) is 9.16. The Hall–Kier alpha value is -1.07. The molecule has 0 bridgehead atoms. The van der Waals surface area contributed by atoms with Gasteiger partial charge in [0, 0.05) is 24.6 Å². The van der Waals surface area contributed by atoms with Crippen LogP contribution in [0.2, 0.25) is 0 Å². The third-order valence-corrected chi connectivity index (χ3v) is 4.44. The topological polar surface area (TPSA) is 30.2 Å². The van der Waals surface area contributed by atoms with Gasteiger partial charge in [0.25, 0.3) is 0 Å². The van der Waals surface area contributed by atoms with E-state index in [1.165, 1.54) is 25.9 Å². The summed E-state index contributed by atoms with van der Waals surface area (Å²) in [6.45, 7) is 4.09. The second-order valence-electron chi connectivity index (χ2n) is 5.18. The second kappa shape index (κ2) is 5.13. The Labute approximate surface area is 120 Å². The van der Waals surface area contributed by atoms with Crippen LogP contribution >= 0.6 is 15.9 Å². The van der Waals surface area contributed by atoms with Crippen LogP contribution in [0.1, 0.15) is 12.8 Å². The molecule has 0 aliphatic carbocycles.